The van der Waals surface area contributed by atoms with Crippen LogP contribution >= 0.6 is 30.5 Å². The van der Waals surface area contributed by atoms with Crippen LogP contribution in [0.3, 0.4) is 0 Å². The van der Waals surface area contributed by atoms with Crippen molar-refractivity contribution in [2.24, 2.45) is 0 Å². The molecule has 0 radical (unpaired) electrons. The van der Waals surface area contributed by atoms with E-state index in [-0.39, 0.29) is 0 Å². The third-order valence-corrected chi connectivity index (χ3v) is 7.88. The lowest BCUT2D eigenvalue weighted by molar-refractivity contribution is 0.107. The summed E-state index contributed by atoms with van der Waals surface area (Å²) in [6.45, 7) is 0. The number of rotatable bonds is 5. The molecule has 0 N–H and O–H groups in total. The molecule has 0 fully saturated rings. The molecule has 0 atom stereocenters. The molecule has 0 aliphatic heterocycles. The SMILES string of the molecule is CSc1cccc(Cl)c1C(=O)P(=O)(c1ccccc1)c1ccccc1. The van der Waals surface area contributed by atoms with Gasteiger partial charge in [0.2, 0.25) is 12.7 Å². The Labute approximate surface area is 156 Å². The topological polar surface area (TPSA) is 34.1 Å². The first kappa shape index (κ1) is 18.0. The van der Waals surface area contributed by atoms with Crippen molar-refractivity contribution < 1.29 is 9.36 Å². The maximum absolute atomic E-state index is 14.1. The molecule has 0 aliphatic carbocycles. The Bertz CT molecular complexity index is 899. The predicted octanol–water partition coefficient (Wildman–Crippen LogP) is 5.22. The molecule has 0 amide bonds. The molecule has 0 aliphatic rings. The maximum Gasteiger partial charge on any atom is 0.232 e. The van der Waals surface area contributed by atoms with E-state index in [1.54, 1.807) is 60.7 Å². The van der Waals surface area contributed by atoms with Gasteiger partial charge in [-0.2, -0.15) is 0 Å². The van der Waals surface area contributed by atoms with Gasteiger partial charge in [0.15, 0.2) is 0 Å². The Morgan fingerprint density at radius 2 is 1.36 bits per heavy atom. The van der Waals surface area contributed by atoms with E-state index in [4.69, 9.17) is 11.6 Å². The van der Waals surface area contributed by atoms with Crippen LogP contribution in [-0.4, -0.2) is 11.8 Å². The normalized spacial score (nSPS) is 11.3. The first-order valence-electron chi connectivity index (χ1n) is 7.67. The molecule has 2 nitrogen and oxygen atoms in total. The minimum Gasteiger partial charge on any atom is -0.305 e. The van der Waals surface area contributed by atoms with E-state index in [1.807, 2.05) is 24.5 Å². The number of carbonyl (C=O) groups excluding carboxylic acids is 1. The third kappa shape index (κ3) is 3.32. The van der Waals surface area contributed by atoms with Gasteiger partial charge in [-0.25, -0.2) is 0 Å². The standard InChI is InChI=1S/C20H16ClO2PS/c1-25-18-14-8-13-17(21)19(18)20(22)24(23,15-9-4-2-5-10-15)16-11-6-3-7-12-16/h2-14H,1H3. The van der Waals surface area contributed by atoms with Crippen LogP contribution in [0.2, 0.25) is 5.02 Å². The van der Waals surface area contributed by atoms with Crippen LogP contribution in [0.15, 0.2) is 83.8 Å². The molecule has 0 heterocycles. The van der Waals surface area contributed by atoms with E-state index >= 15 is 0 Å². The summed E-state index contributed by atoms with van der Waals surface area (Å²) in [5, 5.41) is 1.35. The highest BCUT2D eigenvalue weighted by Crippen LogP contribution is 2.49. The molecular formula is C20H16ClO2PS. The molecule has 3 aromatic carbocycles. The number of carbonyl (C=O) groups is 1. The van der Waals surface area contributed by atoms with Gasteiger partial charge in [0.1, 0.15) is 0 Å². The fourth-order valence-electron chi connectivity index (χ4n) is 2.70. The zero-order valence-corrected chi connectivity index (χ0v) is 16.0. The van der Waals surface area contributed by atoms with Crippen molar-refractivity contribution in [1.29, 1.82) is 0 Å². The summed E-state index contributed by atoms with van der Waals surface area (Å²) in [4.78, 5) is 14.2. The largest absolute Gasteiger partial charge is 0.305 e. The van der Waals surface area contributed by atoms with Crippen LogP contribution in [-0.2, 0) is 4.57 Å². The van der Waals surface area contributed by atoms with E-state index in [0.717, 1.165) is 4.90 Å². The van der Waals surface area contributed by atoms with Gasteiger partial charge in [-0.1, -0.05) is 78.3 Å². The van der Waals surface area contributed by atoms with Crippen LogP contribution in [0.4, 0.5) is 0 Å². The summed E-state index contributed by atoms with van der Waals surface area (Å²) in [6, 6.07) is 23.1. The van der Waals surface area contributed by atoms with Gasteiger partial charge >= 0.3 is 0 Å². The molecule has 0 unspecified atom stereocenters. The van der Waals surface area contributed by atoms with E-state index in [2.05, 4.69) is 0 Å². The Kier molecular flexibility index (Phi) is 5.48. The fraction of sp³-hybridized carbons (Fsp3) is 0.0500. The molecule has 0 saturated carbocycles. The first-order valence-corrected chi connectivity index (χ1v) is 11.0. The summed E-state index contributed by atoms with van der Waals surface area (Å²) < 4.78 is 14.1. The zero-order valence-electron chi connectivity index (χ0n) is 13.6. The number of hydrogen-bond acceptors (Lipinski definition) is 3. The summed E-state index contributed by atoms with van der Waals surface area (Å²) >= 11 is 7.75. The summed E-state index contributed by atoms with van der Waals surface area (Å²) in [6.07, 6.45) is 1.87. The quantitative estimate of drug-likeness (QED) is 0.445. The number of hydrogen-bond donors (Lipinski definition) is 0. The Balaban J connectivity index is 2.28. The number of thioether (sulfide) groups is 1. The second-order valence-electron chi connectivity index (χ2n) is 5.40. The van der Waals surface area contributed by atoms with Gasteiger partial charge < -0.3 is 4.57 Å². The predicted molar refractivity (Wildman–Crippen MR) is 107 cm³/mol. The van der Waals surface area contributed by atoms with Gasteiger partial charge in [0.25, 0.3) is 0 Å². The second kappa shape index (κ2) is 7.61. The minimum atomic E-state index is -3.54. The Morgan fingerprint density at radius 1 is 0.840 bits per heavy atom. The molecule has 3 aromatic rings. The van der Waals surface area contributed by atoms with Gasteiger partial charge in [-0.3, -0.25) is 4.79 Å². The summed E-state index contributed by atoms with van der Waals surface area (Å²) in [5.41, 5.74) is -0.104. The lowest BCUT2D eigenvalue weighted by atomic mass is 10.2. The van der Waals surface area contributed by atoms with Crippen LogP contribution < -0.4 is 10.6 Å². The first-order chi connectivity index (χ1) is 12.1. The van der Waals surface area contributed by atoms with Gasteiger partial charge in [-0.05, 0) is 18.4 Å². The molecular weight excluding hydrogens is 371 g/mol. The molecule has 0 aromatic heterocycles. The molecule has 5 heteroatoms. The average Bonchev–Trinajstić information content (AvgIpc) is 2.68. The van der Waals surface area contributed by atoms with E-state index in [9.17, 15) is 9.36 Å². The Hall–Kier alpha value is -1.80. The zero-order chi connectivity index (χ0) is 17.9. The summed E-state index contributed by atoms with van der Waals surface area (Å²) in [7, 11) is -3.54. The fourth-order valence-corrected chi connectivity index (χ4v) is 6.29. The molecule has 126 valence electrons. The molecule has 0 bridgehead atoms. The lowest BCUT2D eigenvalue weighted by Crippen LogP contribution is -2.23. The third-order valence-electron chi connectivity index (χ3n) is 3.93. The monoisotopic (exact) mass is 386 g/mol. The van der Waals surface area contributed by atoms with E-state index in [1.165, 1.54) is 11.8 Å². The highest BCUT2D eigenvalue weighted by atomic mass is 35.5. The highest BCUT2D eigenvalue weighted by Gasteiger charge is 2.38. The van der Waals surface area contributed by atoms with Crippen molar-refractivity contribution in [1.82, 2.24) is 0 Å². The van der Waals surface area contributed by atoms with Crippen LogP contribution in [0, 0.1) is 0 Å². The van der Waals surface area contributed by atoms with Gasteiger partial charge in [-0.15, -0.1) is 11.8 Å². The van der Waals surface area contributed by atoms with Crippen LogP contribution in [0.1, 0.15) is 10.4 Å². The Morgan fingerprint density at radius 3 is 1.84 bits per heavy atom. The van der Waals surface area contributed by atoms with Crippen molar-refractivity contribution in [2.45, 2.75) is 4.90 Å². The lowest BCUT2D eigenvalue weighted by Gasteiger charge is -2.20. The maximum atomic E-state index is 14.1. The van der Waals surface area contributed by atoms with Crippen molar-refractivity contribution in [2.75, 3.05) is 6.26 Å². The van der Waals surface area contributed by atoms with E-state index in [0.29, 0.717) is 21.2 Å². The van der Waals surface area contributed by atoms with Crippen molar-refractivity contribution in [3.63, 3.8) is 0 Å². The number of halogens is 1. The molecule has 0 saturated heterocycles. The molecule has 25 heavy (non-hydrogen) atoms. The van der Waals surface area contributed by atoms with Gasteiger partial charge in [0.05, 0.1) is 10.6 Å². The number of benzene rings is 3. The van der Waals surface area contributed by atoms with Crippen molar-refractivity contribution in [3.05, 3.63) is 89.4 Å². The minimum absolute atomic E-state index is 0.323. The molecule has 3 rings (SSSR count). The van der Waals surface area contributed by atoms with Crippen molar-refractivity contribution in [3.8, 4) is 0 Å². The van der Waals surface area contributed by atoms with E-state index < -0.39 is 12.7 Å². The van der Waals surface area contributed by atoms with Crippen LogP contribution in [0.5, 0.6) is 0 Å². The van der Waals surface area contributed by atoms with Crippen LogP contribution in [0.25, 0.3) is 0 Å². The molecule has 0 spiro atoms. The highest BCUT2D eigenvalue weighted by molar-refractivity contribution is 7.99. The smallest absolute Gasteiger partial charge is 0.232 e. The van der Waals surface area contributed by atoms with Gasteiger partial charge in [0, 0.05) is 15.5 Å². The second-order valence-corrected chi connectivity index (χ2v) is 9.32. The van der Waals surface area contributed by atoms with Crippen molar-refractivity contribution >= 4 is 46.6 Å². The summed E-state index contributed by atoms with van der Waals surface area (Å²) in [5.74, 6) is 0. The average molecular weight is 387 g/mol.